The van der Waals surface area contributed by atoms with E-state index in [1.165, 1.54) is 26.4 Å². The van der Waals surface area contributed by atoms with Gasteiger partial charge in [-0.2, -0.15) is 0 Å². The van der Waals surface area contributed by atoms with Gasteiger partial charge in [0, 0.05) is 28.1 Å². The van der Waals surface area contributed by atoms with Gasteiger partial charge in [0.05, 0.1) is 0 Å². The number of ether oxygens (including phenoxy) is 1. The molecule has 0 saturated heterocycles. The summed E-state index contributed by atoms with van der Waals surface area (Å²) in [6.07, 6.45) is 0. The lowest BCUT2D eigenvalue weighted by atomic mass is 10.1. The first kappa shape index (κ1) is 15.6. The molecular weight excluding hydrogens is 302 g/mol. The van der Waals surface area contributed by atoms with E-state index >= 15 is 0 Å². The average molecular weight is 323 g/mol. The van der Waals surface area contributed by atoms with Gasteiger partial charge in [-0.1, -0.05) is 24.3 Å². The molecule has 0 spiro atoms. The summed E-state index contributed by atoms with van der Waals surface area (Å²) in [6.45, 7) is 4.81. The van der Waals surface area contributed by atoms with Crippen LogP contribution in [0.2, 0.25) is 0 Å². The van der Waals surface area contributed by atoms with Gasteiger partial charge in [0.25, 0.3) is 0 Å². The fourth-order valence-electron chi connectivity index (χ4n) is 2.61. The van der Waals surface area contributed by atoms with Gasteiger partial charge in [0.2, 0.25) is 0 Å². The fraction of sp³-hybridized carbons (Fsp3) is 0.200. The van der Waals surface area contributed by atoms with Crippen LogP contribution in [-0.2, 0) is 6.61 Å². The standard InChI is InChI=1S/C20H21NOS/c1-14-6-4-9-19(21-3)18(14)13-22-17-8-5-7-16(12-17)20-11-10-15(2)23-20/h4-12,21H,13H2,1-3H3. The Kier molecular flexibility index (Phi) is 4.68. The quantitative estimate of drug-likeness (QED) is 0.655. The van der Waals surface area contributed by atoms with Gasteiger partial charge in [0.15, 0.2) is 0 Å². The zero-order valence-electron chi connectivity index (χ0n) is 13.7. The van der Waals surface area contributed by atoms with Gasteiger partial charge in [-0.25, -0.2) is 0 Å². The van der Waals surface area contributed by atoms with Crippen LogP contribution in [-0.4, -0.2) is 7.05 Å². The minimum atomic E-state index is 0.565. The van der Waals surface area contributed by atoms with Gasteiger partial charge in [-0.05, 0) is 55.3 Å². The molecule has 1 N–H and O–H groups in total. The van der Waals surface area contributed by atoms with Crippen LogP contribution in [0.1, 0.15) is 16.0 Å². The number of hydrogen-bond donors (Lipinski definition) is 1. The normalized spacial score (nSPS) is 10.6. The Balaban J connectivity index is 1.79. The monoisotopic (exact) mass is 323 g/mol. The molecule has 2 nitrogen and oxygen atoms in total. The number of anilines is 1. The summed E-state index contributed by atoms with van der Waals surface area (Å²) in [5.41, 5.74) is 4.77. The molecule has 0 saturated carbocycles. The Labute approximate surface area is 141 Å². The Morgan fingerprint density at radius 1 is 1.00 bits per heavy atom. The fourth-order valence-corrected chi connectivity index (χ4v) is 3.48. The third-order valence-corrected chi connectivity index (χ3v) is 4.97. The molecule has 3 aromatic rings. The van der Waals surface area contributed by atoms with Gasteiger partial charge >= 0.3 is 0 Å². The molecule has 1 heterocycles. The molecular formula is C20H21NOS. The van der Waals surface area contributed by atoms with E-state index in [1.807, 2.05) is 13.1 Å². The lowest BCUT2D eigenvalue weighted by Gasteiger charge is -2.14. The highest BCUT2D eigenvalue weighted by atomic mass is 32.1. The average Bonchev–Trinajstić information content (AvgIpc) is 3.00. The van der Waals surface area contributed by atoms with Crippen LogP contribution in [0.4, 0.5) is 5.69 Å². The Morgan fingerprint density at radius 2 is 1.83 bits per heavy atom. The first-order chi connectivity index (χ1) is 11.2. The molecule has 0 aliphatic carbocycles. The van der Waals surface area contributed by atoms with Crippen molar-refractivity contribution in [3.8, 4) is 16.2 Å². The smallest absolute Gasteiger partial charge is 0.120 e. The van der Waals surface area contributed by atoms with Crippen LogP contribution in [0.15, 0.2) is 54.6 Å². The van der Waals surface area contributed by atoms with Crippen molar-refractivity contribution in [2.75, 3.05) is 12.4 Å². The van der Waals surface area contributed by atoms with Crippen LogP contribution < -0.4 is 10.1 Å². The van der Waals surface area contributed by atoms with Gasteiger partial charge in [-0.15, -0.1) is 11.3 Å². The first-order valence-electron chi connectivity index (χ1n) is 7.73. The number of rotatable bonds is 5. The second kappa shape index (κ2) is 6.88. The number of benzene rings is 2. The van der Waals surface area contributed by atoms with Crippen molar-refractivity contribution in [2.45, 2.75) is 20.5 Å². The van der Waals surface area contributed by atoms with Crippen LogP contribution in [0.25, 0.3) is 10.4 Å². The molecule has 2 aromatic carbocycles. The zero-order chi connectivity index (χ0) is 16.2. The maximum atomic E-state index is 6.05. The highest BCUT2D eigenvalue weighted by Crippen LogP contribution is 2.30. The summed E-state index contributed by atoms with van der Waals surface area (Å²) < 4.78 is 6.05. The van der Waals surface area contributed by atoms with Crippen LogP contribution in [0.3, 0.4) is 0 Å². The molecule has 0 amide bonds. The summed E-state index contributed by atoms with van der Waals surface area (Å²) in [7, 11) is 1.94. The predicted molar refractivity (Wildman–Crippen MR) is 99.5 cm³/mol. The van der Waals surface area contributed by atoms with Gasteiger partial charge < -0.3 is 10.1 Å². The van der Waals surface area contributed by atoms with Gasteiger partial charge in [0.1, 0.15) is 12.4 Å². The lowest BCUT2D eigenvalue weighted by Crippen LogP contribution is -2.03. The van der Waals surface area contributed by atoms with Crippen molar-refractivity contribution in [1.82, 2.24) is 0 Å². The third-order valence-electron chi connectivity index (χ3n) is 3.92. The van der Waals surface area contributed by atoms with Crippen LogP contribution >= 0.6 is 11.3 Å². The number of nitrogens with one attached hydrogen (secondary N) is 1. The maximum absolute atomic E-state index is 6.05. The summed E-state index contributed by atoms with van der Waals surface area (Å²) in [5.74, 6) is 0.902. The minimum Gasteiger partial charge on any atom is -0.489 e. The molecule has 0 bridgehead atoms. The topological polar surface area (TPSA) is 21.3 Å². The van der Waals surface area contributed by atoms with Crippen molar-refractivity contribution in [2.24, 2.45) is 0 Å². The predicted octanol–water partition coefficient (Wildman–Crippen LogP) is 5.65. The van der Waals surface area contributed by atoms with Crippen molar-refractivity contribution in [3.63, 3.8) is 0 Å². The van der Waals surface area contributed by atoms with Crippen molar-refractivity contribution in [3.05, 3.63) is 70.6 Å². The molecule has 0 aliphatic heterocycles. The number of aryl methyl sites for hydroxylation is 2. The maximum Gasteiger partial charge on any atom is 0.120 e. The van der Waals surface area contributed by atoms with Crippen molar-refractivity contribution < 1.29 is 4.74 Å². The molecule has 3 heteroatoms. The molecule has 0 atom stereocenters. The number of hydrogen-bond acceptors (Lipinski definition) is 3. The van der Waals surface area contributed by atoms with Crippen molar-refractivity contribution >= 4 is 17.0 Å². The number of thiophene rings is 1. The van der Waals surface area contributed by atoms with E-state index in [0.717, 1.165) is 11.4 Å². The van der Waals surface area contributed by atoms with E-state index < -0.39 is 0 Å². The van der Waals surface area contributed by atoms with E-state index in [0.29, 0.717) is 6.61 Å². The second-order valence-corrected chi connectivity index (χ2v) is 6.87. The Morgan fingerprint density at radius 3 is 2.57 bits per heavy atom. The zero-order valence-corrected chi connectivity index (χ0v) is 14.5. The lowest BCUT2D eigenvalue weighted by molar-refractivity contribution is 0.306. The van der Waals surface area contributed by atoms with Gasteiger partial charge in [-0.3, -0.25) is 0 Å². The summed E-state index contributed by atoms with van der Waals surface area (Å²) in [5, 5.41) is 3.23. The summed E-state index contributed by atoms with van der Waals surface area (Å²) >= 11 is 1.81. The third kappa shape index (κ3) is 3.57. The first-order valence-corrected chi connectivity index (χ1v) is 8.55. The van der Waals surface area contributed by atoms with Crippen LogP contribution in [0.5, 0.6) is 5.75 Å². The van der Waals surface area contributed by atoms with E-state index in [2.05, 4.69) is 67.7 Å². The minimum absolute atomic E-state index is 0.565. The SMILES string of the molecule is CNc1cccc(C)c1COc1cccc(-c2ccc(C)s2)c1. The van der Waals surface area contributed by atoms with Crippen molar-refractivity contribution in [1.29, 1.82) is 0 Å². The highest BCUT2D eigenvalue weighted by Gasteiger charge is 2.07. The largest absolute Gasteiger partial charge is 0.489 e. The van der Waals surface area contributed by atoms with Crippen LogP contribution in [0, 0.1) is 13.8 Å². The molecule has 23 heavy (non-hydrogen) atoms. The van der Waals surface area contributed by atoms with E-state index in [4.69, 9.17) is 4.74 Å². The summed E-state index contributed by atoms with van der Waals surface area (Å²) in [6, 6.07) is 18.9. The van der Waals surface area contributed by atoms with E-state index in [9.17, 15) is 0 Å². The molecule has 3 rings (SSSR count). The molecule has 0 unspecified atom stereocenters. The van der Waals surface area contributed by atoms with E-state index in [-0.39, 0.29) is 0 Å². The summed E-state index contributed by atoms with van der Waals surface area (Å²) in [4.78, 5) is 2.60. The second-order valence-electron chi connectivity index (χ2n) is 5.58. The molecule has 0 fully saturated rings. The molecule has 0 radical (unpaired) electrons. The molecule has 1 aromatic heterocycles. The molecule has 0 aliphatic rings. The Hall–Kier alpha value is -2.26. The highest BCUT2D eigenvalue weighted by molar-refractivity contribution is 7.15. The molecule has 118 valence electrons. The Bertz CT molecular complexity index is 807. The van der Waals surface area contributed by atoms with E-state index in [1.54, 1.807) is 11.3 Å².